The fraction of sp³-hybridized carbons (Fsp3) is 1.00. The first-order valence-electron chi connectivity index (χ1n) is 2.47. The molecule has 0 aliphatic rings. The molecule has 0 heterocycles. The van der Waals surface area contributed by atoms with E-state index >= 15 is 0 Å². The zero-order valence-corrected chi connectivity index (χ0v) is 6.58. The second-order valence-electron chi connectivity index (χ2n) is 2.74. The second kappa shape index (κ2) is 4.15. The van der Waals surface area contributed by atoms with E-state index in [1.807, 2.05) is 0 Å². The Labute approximate surface area is 56.1 Å². The van der Waals surface area contributed by atoms with Gasteiger partial charge in [0.15, 0.2) is 0 Å². The molecule has 3 heteroatoms. The zero-order chi connectivity index (χ0) is 5.91. The van der Waals surface area contributed by atoms with E-state index in [0.717, 1.165) is 16.8 Å². The Hall–Kier alpha value is 0.240. The van der Waals surface area contributed by atoms with Gasteiger partial charge in [-0.1, -0.05) is 0 Å². The van der Waals surface area contributed by atoms with Crippen LogP contribution in [0.4, 0.5) is 0 Å². The van der Waals surface area contributed by atoms with Crippen LogP contribution in [-0.2, 0) is 0 Å². The van der Waals surface area contributed by atoms with Crippen LogP contribution in [0.5, 0.6) is 0 Å². The minimum atomic E-state index is 0. The molecule has 0 atom stereocenters. The molecule has 0 saturated carbocycles. The molecule has 0 N–H and O–H groups in total. The molecule has 0 rings (SSSR count). The first kappa shape index (κ1) is 11.1. The highest BCUT2D eigenvalue weighted by Crippen LogP contribution is 1.88. The van der Waals surface area contributed by atoms with Gasteiger partial charge in [0.1, 0.15) is 0 Å². The van der Waals surface area contributed by atoms with Gasteiger partial charge in [-0.3, -0.25) is 0 Å². The number of hydrogen-bond acceptors (Lipinski definition) is 1. The number of quaternary nitrogens is 1. The summed E-state index contributed by atoms with van der Waals surface area (Å²) in [6.45, 7) is 1.14. The molecule has 0 bridgehead atoms. The molecule has 1 nitrogen and oxygen atoms in total. The fourth-order valence-electron chi connectivity index (χ4n) is 0.300. The third-order valence-corrected chi connectivity index (χ3v) is 0.971. The first-order chi connectivity index (χ1) is 3.06. The van der Waals surface area contributed by atoms with Crippen molar-refractivity contribution in [3.8, 4) is 0 Å². The van der Waals surface area contributed by atoms with Crippen molar-refractivity contribution in [2.45, 2.75) is 0 Å². The highest BCUT2D eigenvalue weighted by atomic mass is 32.1. The van der Waals surface area contributed by atoms with Crippen LogP contribution in [0.25, 0.3) is 0 Å². The largest absolute Gasteiger partial charge is 1.00 e. The Kier molecular flexibility index (Phi) is 5.76. The van der Waals surface area contributed by atoms with Crippen molar-refractivity contribution in [1.29, 1.82) is 0 Å². The fourth-order valence-corrected chi connectivity index (χ4v) is 0.900. The van der Waals surface area contributed by atoms with Crippen molar-refractivity contribution >= 4 is 12.6 Å². The quantitative estimate of drug-likeness (QED) is 0.321. The Bertz CT molecular complexity index is 50.9. The molecular formula is C5H14FNS. The number of rotatable bonds is 2. The molecule has 0 aromatic heterocycles. The lowest BCUT2D eigenvalue weighted by atomic mass is 10.6. The van der Waals surface area contributed by atoms with Crippen LogP contribution >= 0.6 is 12.6 Å². The standard InChI is InChI=1S/C5H13NS.FH/c1-6(2,3)4-5-7;/h4-5H2,1-3H3;1H. The van der Waals surface area contributed by atoms with Crippen molar-refractivity contribution in [3.05, 3.63) is 0 Å². The van der Waals surface area contributed by atoms with E-state index in [1.165, 1.54) is 0 Å². The lowest BCUT2D eigenvalue weighted by molar-refractivity contribution is -0.867. The highest BCUT2D eigenvalue weighted by Gasteiger charge is 2.01. The van der Waals surface area contributed by atoms with Gasteiger partial charge in [0.05, 0.1) is 27.7 Å². The summed E-state index contributed by atoms with van der Waals surface area (Å²) in [6, 6.07) is 0. The zero-order valence-electron chi connectivity index (χ0n) is 5.69. The normalized spacial score (nSPS) is 10.5. The van der Waals surface area contributed by atoms with Gasteiger partial charge in [0.25, 0.3) is 0 Å². The van der Waals surface area contributed by atoms with Gasteiger partial charge in [0.2, 0.25) is 0 Å². The predicted octanol–water partition coefficient (Wildman–Crippen LogP) is -2.37. The second-order valence-corrected chi connectivity index (χ2v) is 3.18. The van der Waals surface area contributed by atoms with Crippen molar-refractivity contribution in [3.63, 3.8) is 0 Å². The van der Waals surface area contributed by atoms with E-state index in [-0.39, 0.29) is 4.70 Å². The summed E-state index contributed by atoms with van der Waals surface area (Å²) in [4.78, 5) is 0. The number of nitrogens with zero attached hydrogens (tertiary/aromatic N) is 1. The minimum absolute atomic E-state index is 0. The molecule has 8 heavy (non-hydrogen) atoms. The van der Waals surface area contributed by atoms with Crippen LogP contribution in [0, 0.1) is 0 Å². The van der Waals surface area contributed by atoms with E-state index in [4.69, 9.17) is 0 Å². The SMILES string of the molecule is C[N+](C)(C)CCS.[F-]. The van der Waals surface area contributed by atoms with Gasteiger partial charge in [-0.05, 0) is 0 Å². The monoisotopic (exact) mass is 139 g/mol. The lowest BCUT2D eigenvalue weighted by Crippen LogP contribution is -3.00. The van der Waals surface area contributed by atoms with Crippen molar-refractivity contribution < 1.29 is 9.19 Å². The van der Waals surface area contributed by atoms with Gasteiger partial charge in [-0.25, -0.2) is 0 Å². The Morgan fingerprint density at radius 2 is 1.62 bits per heavy atom. The van der Waals surface area contributed by atoms with Crippen LogP contribution in [0.15, 0.2) is 0 Å². The molecule has 0 aromatic carbocycles. The van der Waals surface area contributed by atoms with Gasteiger partial charge < -0.3 is 9.19 Å². The Morgan fingerprint density at radius 1 is 1.25 bits per heavy atom. The van der Waals surface area contributed by atoms with Crippen molar-refractivity contribution in [2.24, 2.45) is 0 Å². The molecule has 0 amide bonds. The van der Waals surface area contributed by atoms with Crippen molar-refractivity contribution in [1.82, 2.24) is 0 Å². The maximum Gasteiger partial charge on any atom is 0.0869 e. The Morgan fingerprint density at radius 3 is 1.62 bits per heavy atom. The lowest BCUT2D eigenvalue weighted by Gasteiger charge is -2.22. The van der Waals surface area contributed by atoms with Crippen LogP contribution < -0.4 is 4.70 Å². The summed E-state index contributed by atoms with van der Waals surface area (Å²) < 4.78 is 1.02. The maximum atomic E-state index is 4.10. The molecule has 0 spiro atoms. The summed E-state index contributed by atoms with van der Waals surface area (Å²) in [5.41, 5.74) is 0. The van der Waals surface area contributed by atoms with Crippen LogP contribution in [0.1, 0.15) is 0 Å². The van der Waals surface area contributed by atoms with Crippen molar-refractivity contribution in [2.75, 3.05) is 33.4 Å². The average Bonchev–Trinajstić information content (AvgIpc) is 1.30. The molecule has 0 aliphatic carbocycles. The van der Waals surface area contributed by atoms with Gasteiger partial charge in [-0.15, -0.1) is 0 Å². The van der Waals surface area contributed by atoms with E-state index in [1.54, 1.807) is 0 Å². The van der Waals surface area contributed by atoms with Gasteiger partial charge >= 0.3 is 0 Å². The van der Waals surface area contributed by atoms with Crippen LogP contribution in [0.2, 0.25) is 0 Å². The molecule has 0 saturated heterocycles. The molecule has 0 aliphatic heterocycles. The topological polar surface area (TPSA) is 0 Å². The van der Waals surface area contributed by atoms with Gasteiger partial charge in [0, 0.05) is 5.75 Å². The minimum Gasteiger partial charge on any atom is -1.00 e. The predicted molar refractivity (Wildman–Crippen MR) is 36.8 cm³/mol. The Balaban J connectivity index is 0. The first-order valence-corrected chi connectivity index (χ1v) is 3.11. The molecule has 0 aromatic rings. The number of thiol groups is 1. The van der Waals surface area contributed by atoms with E-state index < -0.39 is 0 Å². The molecule has 0 unspecified atom stereocenters. The summed E-state index contributed by atoms with van der Waals surface area (Å²) in [5.74, 6) is 0.976. The third-order valence-electron chi connectivity index (χ3n) is 0.771. The van der Waals surface area contributed by atoms with E-state index in [0.29, 0.717) is 0 Å². The highest BCUT2D eigenvalue weighted by molar-refractivity contribution is 7.80. The molecule has 0 radical (unpaired) electrons. The van der Waals surface area contributed by atoms with E-state index in [9.17, 15) is 0 Å². The molecule has 52 valence electrons. The third kappa shape index (κ3) is 9.53. The molecular weight excluding hydrogens is 125 g/mol. The number of halogens is 1. The summed E-state index contributed by atoms with van der Waals surface area (Å²) in [6.07, 6.45) is 0. The maximum absolute atomic E-state index is 4.10. The smallest absolute Gasteiger partial charge is 0.0869 e. The summed E-state index contributed by atoms with van der Waals surface area (Å²) in [5, 5.41) is 0. The van der Waals surface area contributed by atoms with Crippen LogP contribution in [0.3, 0.4) is 0 Å². The van der Waals surface area contributed by atoms with Crippen LogP contribution in [-0.4, -0.2) is 37.9 Å². The van der Waals surface area contributed by atoms with Gasteiger partial charge in [-0.2, -0.15) is 12.6 Å². The molecule has 0 fully saturated rings. The van der Waals surface area contributed by atoms with E-state index in [2.05, 4.69) is 33.8 Å². The summed E-state index contributed by atoms with van der Waals surface area (Å²) in [7, 11) is 6.49. The average molecular weight is 139 g/mol. The summed E-state index contributed by atoms with van der Waals surface area (Å²) >= 11 is 4.10. The number of hydrogen-bond donors (Lipinski definition) is 1.